The summed E-state index contributed by atoms with van der Waals surface area (Å²) in [4.78, 5) is 0. The molecule has 0 bridgehead atoms. The van der Waals surface area contributed by atoms with E-state index in [1.54, 1.807) is 38.6 Å². The summed E-state index contributed by atoms with van der Waals surface area (Å²) in [5.41, 5.74) is -1.45. The van der Waals surface area contributed by atoms with Crippen molar-refractivity contribution in [1.82, 2.24) is 9.78 Å². The van der Waals surface area contributed by atoms with Crippen LogP contribution in [0.4, 0.5) is 0 Å². The fourth-order valence-electron chi connectivity index (χ4n) is 1.40. The highest BCUT2D eigenvalue weighted by Crippen LogP contribution is 2.24. The van der Waals surface area contributed by atoms with Crippen molar-refractivity contribution in [2.75, 3.05) is 0 Å². The largest absolute Gasteiger partial charge is 0.427 e. The predicted molar refractivity (Wildman–Crippen MR) is 76.8 cm³/mol. The van der Waals surface area contributed by atoms with Gasteiger partial charge >= 0.3 is 7.48 Å². The Balaban J connectivity index is 2.61. The average Bonchev–Trinajstić information content (AvgIpc) is 2.58. The SMILES string of the molecule is CC(C)(O)Cn1cc(BOC(C)(C)C(C)(C)O)cn1. The molecule has 2 N–H and O–H groups in total. The topological polar surface area (TPSA) is 67.5 Å². The van der Waals surface area contributed by atoms with Gasteiger partial charge in [-0.25, -0.2) is 0 Å². The Morgan fingerprint density at radius 2 is 1.79 bits per heavy atom. The van der Waals surface area contributed by atoms with Crippen LogP contribution in [0.25, 0.3) is 0 Å². The van der Waals surface area contributed by atoms with E-state index in [0.29, 0.717) is 14.0 Å². The molecule has 0 saturated carbocycles. The molecule has 6 heteroatoms. The van der Waals surface area contributed by atoms with E-state index >= 15 is 0 Å². The lowest BCUT2D eigenvalue weighted by Crippen LogP contribution is -2.49. The molecular weight excluding hydrogens is 243 g/mol. The summed E-state index contributed by atoms with van der Waals surface area (Å²) in [6.07, 6.45) is 3.56. The Labute approximate surface area is 115 Å². The zero-order chi connectivity index (χ0) is 14.9. The smallest absolute Gasteiger partial charge is 0.312 e. The van der Waals surface area contributed by atoms with Crippen molar-refractivity contribution in [3.8, 4) is 0 Å². The van der Waals surface area contributed by atoms with E-state index in [9.17, 15) is 10.2 Å². The van der Waals surface area contributed by atoms with E-state index < -0.39 is 16.8 Å². The summed E-state index contributed by atoms with van der Waals surface area (Å²) in [6.45, 7) is 11.1. The molecule has 0 aliphatic heterocycles. The molecule has 0 radical (unpaired) electrons. The summed E-state index contributed by atoms with van der Waals surface area (Å²) in [5, 5.41) is 23.9. The Kier molecular flexibility index (Phi) is 4.49. The minimum absolute atomic E-state index is 0.378. The lowest BCUT2D eigenvalue weighted by molar-refractivity contribution is -0.0893. The summed E-state index contributed by atoms with van der Waals surface area (Å²) in [7, 11) is 0.378. The molecule has 1 aromatic rings. The van der Waals surface area contributed by atoms with Gasteiger partial charge in [0.2, 0.25) is 0 Å². The van der Waals surface area contributed by atoms with Gasteiger partial charge in [-0.1, -0.05) is 0 Å². The third-order valence-corrected chi connectivity index (χ3v) is 3.31. The Morgan fingerprint density at radius 1 is 1.21 bits per heavy atom. The zero-order valence-electron chi connectivity index (χ0n) is 12.8. The van der Waals surface area contributed by atoms with Crippen molar-refractivity contribution in [2.24, 2.45) is 0 Å². The van der Waals surface area contributed by atoms with E-state index in [-0.39, 0.29) is 0 Å². The van der Waals surface area contributed by atoms with Gasteiger partial charge in [0.15, 0.2) is 0 Å². The highest BCUT2D eigenvalue weighted by molar-refractivity contribution is 6.46. The first-order valence-corrected chi connectivity index (χ1v) is 6.51. The fourth-order valence-corrected chi connectivity index (χ4v) is 1.40. The molecule has 108 valence electrons. The molecule has 0 aliphatic rings. The summed E-state index contributed by atoms with van der Waals surface area (Å²) < 4.78 is 7.45. The molecule has 1 rings (SSSR count). The summed E-state index contributed by atoms with van der Waals surface area (Å²) in [5.74, 6) is 0. The number of aliphatic hydroxyl groups is 2. The maximum Gasteiger partial charge on any atom is 0.312 e. The van der Waals surface area contributed by atoms with Crippen LogP contribution in [0.5, 0.6) is 0 Å². The molecule has 0 spiro atoms. The molecule has 19 heavy (non-hydrogen) atoms. The van der Waals surface area contributed by atoms with Gasteiger partial charge in [-0.05, 0) is 47.0 Å². The fraction of sp³-hybridized carbons (Fsp3) is 0.769. The predicted octanol–water partition coefficient (Wildman–Crippen LogP) is 0.197. The van der Waals surface area contributed by atoms with Crippen molar-refractivity contribution in [2.45, 2.75) is 64.9 Å². The van der Waals surface area contributed by atoms with Gasteiger partial charge in [0.25, 0.3) is 0 Å². The normalized spacial score (nSPS) is 13.7. The first-order valence-electron chi connectivity index (χ1n) is 6.51. The van der Waals surface area contributed by atoms with Gasteiger partial charge in [0, 0.05) is 12.4 Å². The first kappa shape index (κ1) is 16.2. The molecule has 0 fully saturated rings. The minimum atomic E-state index is -0.921. The van der Waals surface area contributed by atoms with E-state index in [1.165, 1.54) is 0 Å². The maximum atomic E-state index is 10.0. The Hall–Kier alpha value is -0.845. The first-order chi connectivity index (χ1) is 8.41. The number of nitrogens with zero attached hydrogens (tertiary/aromatic N) is 2. The second-order valence-electron chi connectivity index (χ2n) is 6.72. The van der Waals surface area contributed by atoms with Crippen LogP contribution >= 0.6 is 0 Å². The van der Waals surface area contributed by atoms with Crippen LogP contribution in [0.15, 0.2) is 12.4 Å². The van der Waals surface area contributed by atoms with Crippen LogP contribution in [-0.2, 0) is 11.2 Å². The number of hydrogen-bond acceptors (Lipinski definition) is 4. The van der Waals surface area contributed by atoms with Gasteiger partial charge in [-0.3, -0.25) is 4.68 Å². The van der Waals surface area contributed by atoms with Crippen LogP contribution in [0.3, 0.4) is 0 Å². The molecule has 0 amide bonds. The van der Waals surface area contributed by atoms with E-state index in [2.05, 4.69) is 5.10 Å². The number of rotatable bonds is 6. The quantitative estimate of drug-likeness (QED) is 0.723. The second-order valence-corrected chi connectivity index (χ2v) is 6.72. The monoisotopic (exact) mass is 268 g/mol. The zero-order valence-corrected chi connectivity index (χ0v) is 12.8. The van der Waals surface area contributed by atoms with Crippen LogP contribution in [-0.4, -0.2) is 44.3 Å². The third kappa shape index (κ3) is 4.97. The van der Waals surface area contributed by atoms with Crippen LogP contribution in [0.2, 0.25) is 0 Å². The van der Waals surface area contributed by atoms with Gasteiger partial charge in [-0.2, -0.15) is 5.10 Å². The van der Waals surface area contributed by atoms with Gasteiger partial charge in [-0.15, -0.1) is 0 Å². The highest BCUT2D eigenvalue weighted by Gasteiger charge is 2.35. The van der Waals surface area contributed by atoms with Crippen molar-refractivity contribution < 1.29 is 14.9 Å². The molecular formula is C13H25BN2O3. The van der Waals surface area contributed by atoms with E-state index in [4.69, 9.17) is 4.65 Å². The molecule has 0 aliphatic carbocycles. The van der Waals surface area contributed by atoms with Crippen LogP contribution in [0.1, 0.15) is 41.5 Å². The maximum absolute atomic E-state index is 10.0. The second kappa shape index (κ2) is 5.27. The molecule has 1 aromatic heterocycles. The van der Waals surface area contributed by atoms with Crippen molar-refractivity contribution in [1.29, 1.82) is 0 Å². The molecule has 0 unspecified atom stereocenters. The third-order valence-electron chi connectivity index (χ3n) is 3.31. The van der Waals surface area contributed by atoms with Gasteiger partial charge in [0.05, 0.1) is 23.3 Å². The summed E-state index contributed by atoms with van der Waals surface area (Å²) in [6, 6.07) is 0. The molecule has 5 nitrogen and oxygen atoms in total. The Bertz CT molecular complexity index is 416. The van der Waals surface area contributed by atoms with Crippen LogP contribution < -0.4 is 5.46 Å². The minimum Gasteiger partial charge on any atom is -0.427 e. The van der Waals surface area contributed by atoms with Crippen molar-refractivity contribution in [3.05, 3.63) is 12.4 Å². The number of hydrogen-bond donors (Lipinski definition) is 2. The van der Waals surface area contributed by atoms with Gasteiger partial charge in [0.1, 0.15) is 0 Å². The molecule has 0 saturated heterocycles. The molecule has 0 atom stereocenters. The summed E-state index contributed by atoms with van der Waals surface area (Å²) >= 11 is 0. The average molecular weight is 268 g/mol. The molecule has 1 heterocycles. The highest BCUT2D eigenvalue weighted by atomic mass is 16.5. The lowest BCUT2D eigenvalue weighted by Gasteiger charge is -2.37. The number of aromatic nitrogens is 2. The van der Waals surface area contributed by atoms with Crippen molar-refractivity contribution in [3.63, 3.8) is 0 Å². The van der Waals surface area contributed by atoms with Crippen molar-refractivity contribution >= 4 is 12.9 Å². The van der Waals surface area contributed by atoms with E-state index in [0.717, 1.165) is 5.46 Å². The van der Waals surface area contributed by atoms with E-state index in [1.807, 2.05) is 20.0 Å². The van der Waals surface area contributed by atoms with Gasteiger partial charge < -0.3 is 14.9 Å². The Morgan fingerprint density at radius 3 is 2.26 bits per heavy atom. The van der Waals surface area contributed by atoms with Crippen LogP contribution in [0, 0.1) is 0 Å². The lowest BCUT2D eigenvalue weighted by atomic mass is 9.84. The standard InChI is InChI=1S/C13H25BN2O3/c1-11(2,17)9-16-8-10(7-15-16)14-19-13(5,6)12(3,4)18/h7-8,14,17-18H,9H2,1-6H3. The molecule has 0 aromatic carbocycles.